The number of rotatable bonds is 3. The van der Waals surface area contributed by atoms with Crippen molar-refractivity contribution in [2.45, 2.75) is 25.0 Å². The predicted octanol–water partition coefficient (Wildman–Crippen LogP) is 4.95. The summed E-state index contributed by atoms with van der Waals surface area (Å²) >= 11 is 6.22. The van der Waals surface area contributed by atoms with Crippen LogP contribution < -0.4 is 10.4 Å². The van der Waals surface area contributed by atoms with E-state index in [9.17, 15) is 0 Å². The third-order valence-corrected chi connectivity index (χ3v) is 10.1. The van der Waals surface area contributed by atoms with Crippen LogP contribution in [0, 0.1) is 0 Å². The van der Waals surface area contributed by atoms with Crippen molar-refractivity contribution in [2.75, 3.05) is 0 Å². The third kappa shape index (κ3) is 2.95. The van der Waals surface area contributed by atoms with Crippen molar-refractivity contribution in [3.05, 3.63) is 95.5 Å². The van der Waals surface area contributed by atoms with Crippen LogP contribution in [0.3, 0.4) is 0 Å². The van der Waals surface area contributed by atoms with Gasteiger partial charge in [0.15, 0.2) is 0 Å². The molecule has 0 amide bonds. The molecule has 0 unspecified atom stereocenters. The molecule has 0 spiro atoms. The van der Waals surface area contributed by atoms with Gasteiger partial charge in [-0.1, -0.05) is 91.3 Å². The van der Waals surface area contributed by atoms with Gasteiger partial charge in [-0.2, -0.15) is 0 Å². The largest absolute Gasteiger partial charge is 0.401 e. The maximum absolute atomic E-state index is 6.95. The highest BCUT2D eigenvalue weighted by Crippen LogP contribution is 2.44. The van der Waals surface area contributed by atoms with Gasteiger partial charge in [-0.05, 0) is 40.0 Å². The molecule has 0 N–H and O–H groups in total. The molecule has 1 aliphatic rings. The highest BCUT2D eigenvalue weighted by molar-refractivity contribution is 6.98. The molecule has 1 saturated heterocycles. The Labute approximate surface area is 155 Å². The van der Waals surface area contributed by atoms with Crippen LogP contribution in [-0.2, 0) is 4.43 Å². The number of hydrogen-bond acceptors (Lipinski definition) is 1. The molecule has 0 aromatic heterocycles. The Morgan fingerprint density at radius 2 is 1.44 bits per heavy atom. The van der Waals surface area contributed by atoms with E-state index in [1.807, 2.05) is 18.2 Å². The van der Waals surface area contributed by atoms with Gasteiger partial charge >= 0.3 is 0 Å². The molecule has 126 valence electrons. The van der Waals surface area contributed by atoms with Crippen molar-refractivity contribution >= 4 is 30.3 Å². The zero-order valence-corrected chi connectivity index (χ0v) is 16.0. The Balaban J connectivity index is 1.82. The first-order chi connectivity index (χ1) is 12.2. The maximum Gasteiger partial charge on any atom is 0.259 e. The predicted molar refractivity (Wildman–Crippen MR) is 107 cm³/mol. The summed E-state index contributed by atoms with van der Waals surface area (Å²) in [4.78, 5) is 0. The van der Waals surface area contributed by atoms with Crippen molar-refractivity contribution in [1.29, 1.82) is 0 Å². The number of halogens is 1. The average Bonchev–Trinajstić information content (AvgIpc) is 3.02. The first kappa shape index (κ1) is 16.6. The fourth-order valence-corrected chi connectivity index (χ4v) is 8.81. The second-order valence-electron chi connectivity index (χ2n) is 6.77. The molecule has 3 heteroatoms. The van der Waals surface area contributed by atoms with Gasteiger partial charge in [-0.3, -0.25) is 0 Å². The molecule has 0 aliphatic carbocycles. The lowest BCUT2D eigenvalue weighted by Crippen LogP contribution is -2.60. The second kappa shape index (κ2) is 6.79. The van der Waals surface area contributed by atoms with Crippen LogP contribution in [0.1, 0.15) is 25.0 Å². The van der Waals surface area contributed by atoms with Crippen LogP contribution >= 0.6 is 11.6 Å². The fourth-order valence-electron chi connectivity index (χ4n) is 4.03. The quantitative estimate of drug-likeness (QED) is 0.597. The van der Waals surface area contributed by atoms with E-state index in [-0.39, 0.29) is 6.10 Å². The highest BCUT2D eigenvalue weighted by Gasteiger charge is 2.52. The molecule has 0 bridgehead atoms. The lowest BCUT2D eigenvalue weighted by atomic mass is 10.1. The summed E-state index contributed by atoms with van der Waals surface area (Å²) in [6.07, 6.45) is 1.12. The molecule has 1 aliphatic heterocycles. The Morgan fingerprint density at radius 1 is 0.840 bits per heavy atom. The van der Waals surface area contributed by atoms with Crippen LogP contribution in [0.5, 0.6) is 0 Å². The molecule has 1 fully saturated rings. The third-order valence-electron chi connectivity index (χ3n) is 5.22. The van der Waals surface area contributed by atoms with Gasteiger partial charge in [0.25, 0.3) is 8.32 Å². The molecule has 4 rings (SSSR count). The zero-order valence-electron chi connectivity index (χ0n) is 14.2. The van der Waals surface area contributed by atoms with Gasteiger partial charge in [-0.25, -0.2) is 0 Å². The van der Waals surface area contributed by atoms with E-state index in [0.717, 1.165) is 11.4 Å². The summed E-state index contributed by atoms with van der Waals surface area (Å²) in [5.74, 6) is 0. The van der Waals surface area contributed by atoms with Crippen LogP contribution in [-0.4, -0.2) is 8.32 Å². The van der Waals surface area contributed by atoms with E-state index < -0.39 is 8.32 Å². The van der Waals surface area contributed by atoms with E-state index in [1.54, 1.807) is 0 Å². The zero-order chi connectivity index (χ0) is 17.3. The molecular weight excluding hydrogens is 344 g/mol. The normalized spacial score (nSPS) is 22.0. The molecule has 3 aromatic carbocycles. The fraction of sp³-hybridized carbons (Fsp3) is 0.182. The van der Waals surface area contributed by atoms with E-state index in [4.69, 9.17) is 16.0 Å². The summed E-state index contributed by atoms with van der Waals surface area (Å²) in [5.41, 5.74) is 1.67. The smallest absolute Gasteiger partial charge is 0.259 e. The Kier molecular flexibility index (Phi) is 4.51. The molecule has 1 heterocycles. The van der Waals surface area contributed by atoms with E-state index in [1.165, 1.54) is 15.9 Å². The molecule has 0 saturated carbocycles. The van der Waals surface area contributed by atoms with Crippen LogP contribution in [0.25, 0.3) is 0 Å². The first-order valence-corrected chi connectivity index (χ1v) is 11.1. The van der Waals surface area contributed by atoms with Crippen LogP contribution in [0.4, 0.5) is 0 Å². The van der Waals surface area contributed by atoms with Gasteiger partial charge in [-0.15, -0.1) is 0 Å². The summed E-state index contributed by atoms with van der Waals surface area (Å²) in [7, 11) is -2.29. The minimum Gasteiger partial charge on any atom is -0.401 e. The minimum absolute atomic E-state index is 0.0979. The van der Waals surface area contributed by atoms with Gasteiger partial charge in [0.05, 0.1) is 6.10 Å². The number of hydrogen-bond donors (Lipinski definition) is 0. The van der Waals surface area contributed by atoms with Gasteiger partial charge in [0.1, 0.15) is 0 Å². The Hall–Kier alpha value is -1.87. The molecule has 3 aromatic rings. The van der Waals surface area contributed by atoms with Gasteiger partial charge < -0.3 is 4.43 Å². The average molecular weight is 365 g/mol. The monoisotopic (exact) mass is 364 g/mol. The minimum atomic E-state index is -2.29. The molecule has 2 atom stereocenters. The lowest BCUT2D eigenvalue weighted by molar-refractivity contribution is 0.234. The summed E-state index contributed by atoms with van der Waals surface area (Å²) in [6.45, 7) is 2.34. The van der Waals surface area contributed by atoms with Crippen molar-refractivity contribution < 1.29 is 4.43 Å². The molecule has 0 radical (unpaired) electrons. The Morgan fingerprint density at radius 3 is 2.00 bits per heavy atom. The summed E-state index contributed by atoms with van der Waals surface area (Å²) in [5, 5.41) is 3.46. The van der Waals surface area contributed by atoms with Crippen molar-refractivity contribution in [2.24, 2.45) is 0 Å². The second-order valence-corrected chi connectivity index (χ2v) is 11.0. The molecule has 25 heavy (non-hydrogen) atoms. The highest BCUT2D eigenvalue weighted by atomic mass is 35.5. The Bertz CT molecular complexity index is 811. The van der Waals surface area contributed by atoms with Crippen molar-refractivity contribution in [3.8, 4) is 0 Å². The summed E-state index contributed by atoms with van der Waals surface area (Å²) < 4.78 is 6.95. The molecule has 1 nitrogen and oxygen atoms in total. The van der Waals surface area contributed by atoms with Crippen LogP contribution in [0.15, 0.2) is 84.9 Å². The maximum atomic E-state index is 6.95. The van der Waals surface area contributed by atoms with Gasteiger partial charge in [0.2, 0.25) is 0 Å². The van der Waals surface area contributed by atoms with Gasteiger partial charge in [0, 0.05) is 5.02 Å². The van der Waals surface area contributed by atoms with E-state index >= 15 is 0 Å². The standard InChI is InChI=1S/C22H21ClOSi/c1-17-15-22(18-9-8-10-19(23)16-18)24-25(17,20-11-4-2-5-12-20)21-13-6-3-7-14-21/h2-14,16-17,22H,15H2,1H3/t17-,22+/m0/s1. The van der Waals surface area contributed by atoms with E-state index in [2.05, 4.69) is 73.7 Å². The SMILES string of the molecule is C[C@H]1C[C@H](c2cccc(Cl)c2)O[Si]1(c1ccccc1)c1ccccc1. The van der Waals surface area contributed by atoms with E-state index in [0.29, 0.717) is 5.54 Å². The molecular formula is C22H21ClOSi. The topological polar surface area (TPSA) is 9.23 Å². The van der Waals surface area contributed by atoms with Crippen LogP contribution in [0.2, 0.25) is 10.6 Å². The van der Waals surface area contributed by atoms with Crippen molar-refractivity contribution in [1.82, 2.24) is 0 Å². The number of benzene rings is 3. The van der Waals surface area contributed by atoms with Crippen molar-refractivity contribution in [3.63, 3.8) is 0 Å². The first-order valence-electron chi connectivity index (χ1n) is 8.74. The summed E-state index contributed by atoms with van der Waals surface area (Å²) in [6, 6.07) is 29.7. The lowest BCUT2D eigenvalue weighted by Gasteiger charge is -2.31.